The standard InChI is InChI=1S/C12H21N3O/c1-9(2)12(13)11-7-14-8-15(11)10-3-5-16-6-4-10/h7-10,12H,3-6,13H2,1-2H3. The lowest BCUT2D eigenvalue weighted by Crippen LogP contribution is -2.25. The van der Waals surface area contributed by atoms with Gasteiger partial charge in [-0.1, -0.05) is 13.8 Å². The lowest BCUT2D eigenvalue weighted by Gasteiger charge is -2.27. The zero-order chi connectivity index (χ0) is 11.5. The first-order valence-electron chi connectivity index (χ1n) is 6.05. The van der Waals surface area contributed by atoms with Crippen LogP contribution in [0.4, 0.5) is 0 Å². The fraction of sp³-hybridized carbons (Fsp3) is 0.750. The van der Waals surface area contributed by atoms with Crippen LogP contribution in [0.3, 0.4) is 0 Å². The van der Waals surface area contributed by atoms with Crippen LogP contribution in [-0.4, -0.2) is 22.8 Å². The maximum Gasteiger partial charge on any atom is 0.0951 e. The molecule has 0 aromatic carbocycles. The first-order chi connectivity index (χ1) is 7.70. The van der Waals surface area contributed by atoms with E-state index in [1.807, 2.05) is 12.5 Å². The molecular formula is C12H21N3O. The number of hydrogen-bond acceptors (Lipinski definition) is 3. The summed E-state index contributed by atoms with van der Waals surface area (Å²) in [5.41, 5.74) is 7.35. The predicted molar refractivity (Wildman–Crippen MR) is 63.1 cm³/mol. The fourth-order valence-electron chi connectivity index (χ4n) is 2.18. The summed E-state index contributed by atoms with van der Waals surface area (Å²) in [6.45, 7) is 5.98. The number of ether oxygens (including phenoxy) is 1. The number of hydrogen-bond donors (Lipinski definition) is 1. The van der Waals surface area contributed by atoms with Gasteiger partial charge in [0.15, 0.2) is 0 Å². The van der Waals surface area contributed by atoms with E-state index in [1.165, 1.54) is 0 Å². The van der Waals surface area contributed by atoms with Gasteiger partial charge in [-0.15, -0.1) is 0 Å². The number of nitrogens with two attached hydrogens (primary N) is 1. The lowest BCUT2D eigenvalue weighted by molar-refractivity contribution is 0.0684. The minimum absolute atomic E-state index is 0.0744. The molecule has 1 saturated heterocycles. The highest BCUT2D eigenvalue weighted by atomic mass is 16.5. The minimum Gasteiger partial charge on any atom is -0.381 e. The smallest absolute Gasteiger partial charge is 0.0951 e. The maximum absolute atomic E-state index is 6.20. The lowest BCUT2D eigenvalue weighted by atomic mass is 10.0. The first kappa shape index (κ1) is 11.6. The molecule has 0 aliphatic carbocycles. The molecule has 0 amide bonds. The Morgan fingerprint density at radius 3 is 2.75 bits per heavy atom. The first-order valence-corrected chi connectivity index (χ1v) is 6.05. The van der Waals surface area contributed by atoms with Crippen LogP contribution in [-0.2, 0) is 4.74 Å². The molecule has 0 radical (unpaired) electrons. The summed E-state index contributed by atoms with van der Waals surface area (Å²) < 4.78 is 7.62. The molecule has 0 bridgehead atoms. The molecule has 1 fully saturated rings. The predicted octanol–water partition coefficient (Wildman–Crippen LogP) is 1.89. The summed E-state index contributed by atoms with van der Waals surface area (Å²) in [6, 6.07) is 0.585. The molecule has 1 aromatic heterocycles. The molecule has 1 aliphatic rings. The fourth-order valence-corrected chi connectivity index (χ4v) is 2.18. The Kier molecular flexibility index (Phi) is 3.61. The van der Waals surface area contributed by atoms with Crippen LogP contribution >= 0.6 is 0 Å². The van der Waals surface area contributed by atoms with Crippen LogP contribution in [0.2, 0.25) is 0 Å². The van der Waals surface area contributed by atoms with Gasteiger partial charge in [0.05, 0.1) is 12.0 Å². The van der Waals surface area contributed by atoms with Gasteiger partial charge in [-0.25, -0.2) is 4.98 Å². The molecule has 1 aliphatic heterocycles. The van der Waals surface area contributed by atoms with E-state index in [1.54, 1.807) is 0 Å². The van der Waals surface area contributed by atoms with Crippen molar-refractivity contribution in [3.8, 4) is 0 Å². The summed E-state index contributed by atoms with van der Waals surface area (Å²) >= 11 is 0. The van der Waals surface area contributed by atoms with E-state index in [-0.39, 0.29) is 6.04 Å². The Labute approximate surface area is 96.8 Å². The molecule has 2 rings (SSSR count). The third-order valence-electron chi connectivity index (χ3n) is 3.34. The summed E-state index contributed by atoms with van der Waals surface area (Å²) in [5, 5.41) is 0. The van der Waals surface area contributed by atoms with E-state index in [4.69, 9.17) is 10.5 Å². The number of rotatable bonds is 3. The van der Waals surface area contributed by atoms with Crippen LogP contribution in [0.5, 0.6) is 0 Å². The van der Waals surface area contributed by atoms with Crippen molar-refractivity contribution in [2.75, 3.05) is 13.2 Å². The SMILES string of the molecule is CC(C)C(N)c1cncn1C1CCOCC1. The molecular weight excluding hydrogens is 202 g/mol. The van der Waals surface area contributed by atoms with Gasteiger partial charge >= 0.3 is 0 Å². The van der Waals surface area contributed by atoms with Crippen molar-refractivity contribution >= 4 is 0 Å². The van der Waals surface area contributed by atoms with E-state index in [9.17, 15) is 0 Å². The Balaban J connectivity index is 2.17. The normalized spacial score (nSPS) is 20.2. The van der Waals surface area contributed by atoms with Gasteiger partial charge in [0.2, 0.25) is 0 Å². The average Bonchev–Trinajstić information content (AvgIpc) is 2.77. The van der Waals surface area contributed by atoms with E-state index >= 15 is 0 Å². The number of nitrogens with zero attached hydrogens (tertiary/aromatic N) is 2. The molecule has 1 atom stereocenters. The van der Waals surface area contributed by atoms with Crippen molar-refractivity contribution in [2.45, 2.75) is 38.8 Å². The highest BCUT2D eigenvalue weighted by molar-refractivity contribution is 5.07. The Morgan fingerprint density at radius 1 is 1.44 bits per heavy atom. The van der Waals surface area contributed by atoms with Gasteiger partial charge in [0.1, 0.15) is 0 Å². The minimum atomic E-state index is 0.0744. The van der Waals surface area contributed by atoms with Gasteiger partial charge in [-0.3, -0.25) is 0 Å². The van der Waals surface area contributed by atoms with Gasteiger partial charge in [0.25, 0.3) is 0 Å². The largest absolute Gasteiger partial charge is 0.381 e. The molecule has 2 heterocycles. The molecule has 16 heavy (non-hydrogen) atoms. The third kappa shape index (κ3) is 2.28. The molecule has 0 saturated carbocycles. The Bertz CT molecular complexity index is 329. The van der Waals surface area contributed by atoms with E-state index in [0.29, 0.717) is 12.0 Å². The summed E-state index contributed by atoms with van der Waals surface area (Å²) in [5.74, 6) is 0.440. The van der Waals surface area contributed by atoms with Gasteiger partial charge in [0, 0.05) is 31.5 Å². The maximum atomic E-state index is 6.20. The Hall–Kier alpha value is -0.870. The molecule has 1 aromatic rings. The molecule has 2 N–H and O–H groups in total. The number of aromatic nitrogens is 2. The number of imidazole rings is 1. The van der Waals surface area contributed by atoms with Crippen molar-refractivity contribution in [3.63, 3.8) is 0 Å². The summed E-state index contributed by atoms with van der Waals surface area (Å²) in [4.78, 5) is 4.24. The van der Waals surface area contributed by atoms with Gasteiger partial charge in [-0.2, -0.15) is 0 Å². The van der Waals surface area contributed by atoms with Gasteiger partial charge < -0.3 is 15.0 Å². The molecule has 1 unspecified atom stereocenters. The van der Waals surface area contributed by atoms with Crippen molar-refractivity contribution < 1.29 is 4.74 Å². The summed E-state index contributed by atoms with van der Waals surface area (Å²) in [7, 11) is 0. The van der Waals surface area contributed by atoms with E-state index in [0.717, 1.165) is 31.7 Å². The quantitative estimate of drug-likeness (QED) is 0.851. The third-order valence-corrected chi connectivity index (χ3v) is 3.34. The topological polar surface area (TPSA) is 53.1 Å². The highest BCUT2D eigenvalue weighted by Gasteiger charge is 2.21. The zero-order valence-electron chi connectivity index (χ0n) is 10.1. The van der Waals surface area contributed by atoms with Crippen LogP contribution in [0.25, 0.3) is 0 Å². The molecule has 0 spiro atoms. The summed E-state index contributed by atoms with van der Waals surface area (Å²) in [6.07, 6.45) is 5.94. The zero-order valence-corrected chi connectivity index (χ0v) is 10.1. The van der Waals surface area contributed by atoms with Crippen molar-refractivity contribution in [3.05, 3.63) is 18.2 Å². The van der Waals surface area contributed by atoms with Gasteiger partial charge in [-0.05, 0) is 18.8 Å². The molecule has 90 valence electrons. The van der Waals surface area contributed by atoms with E-state index in [2.05, 4.69) is 23.4 Å². The monoisotopic (exact) mass is 223 g/mol. The van der Waals surface area contributed by atoms with Crippen molar-refractivity contribution in [1.82, 2.24) is 9.55 Å². The molecule has 4 heteroatoms. The Morgan fingerprint density at radius 2 is 2.12 bits per heavy atom. The second kappa shape index (κ2) is 4.97. The van der Waals surface area contributed by atoms with Crippen molar-refractivity contribution in [2.24, 2.45) is 11.7 Å². The average molecular weight is 223 g/mol. The van der Waals surface area contributed by atoms with Crippen molar-refractivity contribution in [1.29, 1.82) is 0 Å². The second-order valence-electron chi connectivity index (χ2n) is 4.84. The van der Waals surface area contributed by atoms with E-state index < -0.39 is 0 Å². The molecule has 4 nitrogen and oxygen atoms in total. The highest BCUT2D eigenvalue weighted by Crippen LogP contribution is 2.26. The van der Waals surface area contributed by atoms with Crippen LogP contribution in [0.1, 0.15) is 44.5 Å². The van der Waals surface area contributed by atoms with Crippen LogP contribution in [0, 0.1) is 5.92 Å². The van der Waals surface area contributed by atoms with Crippen LogP contribution < -0.4 is 5.73 Å². The second-order valence-corrected chi connectivity index (χ2v) is 4.84. The van der Waals surface area contributed by atoms with Crippen LogP contribution in [0.15, 0.2) is 12.5 Å².